The molecule has 1 rings (SSSR count). The summed E-state index contributed by atoms with van der Waals surface area (Å²) >= 11 is 0. The van der Waals surface area contributed by atoms with Crippen molar-refractivity contribution in [1.29, 1.82) is 0 Å². The van der Waals surface area contributed by atoms with Crippen molar-refractivity contribution in [2.24, 2.45) is 5.73 Å². The van der Waals surface area contributed by atoms with E-state index in [1.807, 2.05) is 0 Å². The lowest BCUT2D eigenvalue weighted by atomic mass is 9.92. The van der Waals surface area contributed by atoms with Crippen molar-refractivity contribution in [2.75, 3.05) is 40.8 Å². The van der Waals surface area contributed by atoms with E-state index in [2.05, 4.69) is 68.2 Å². The summed E-state index contributed by atoms with van der Waals surface area (Å²) in [7, 11) is 6.42. The Hall–Kier alpha value is -0.900. The first-order valence-electron chi connectivity index (χ1n) is 7.16. The van der Waals surface area contributed by atoms with E-state index in [1.165, 1.54) is 12.0 Å². The van der Waals surface area contributed by atoms with Gasteiger partial charge < -0.3 is 15.5 Å². The lowest BCUT2D eigenvalue weighted by molar-refractivity contribution is 0.210. The average Bonchev–Trinajstić information content (AvgIpc) is 2.40. The largest absolute Gasteiger partial charge is 0.329 e. The van der Waals surface area contributed by atoms with Gasteiger partial charge in [-0.3, -0.25) is 0 Å². The number of hydrogen-bond acceptors (Lipinski definition) is 3. The molecule has 2 unspecified atom stereocenters. The van der Waals surface area contributed by atoms with E-state index in [1.54, 1.807) is 0 Å². The molecule has 0 saturated carbocycles. The molecule has 0 amide bonds. The zero-order valence-corrected chi connectivity index (χ0v) is 12.8. The van der Waals surface area contributed by atoms with Crippen molar-refractivity contribution in [3.05, 3.63) is 35.9 Å². The predicted octanol–water partition coefficient (Wildman–Crippen LogP) is 2.00. The Morgan fingerprint density at radius 3 is 2.21 bits per heavy atom. The van der Waals surface area contributed by atoms with Gasteiger partial charge >= 0.3 is 0 Å². The molecule has 1 aromatic rings. The maximum atomic E-state index is 5.99. The summed E-state index contributed by atoms with van der Waals surface area (Å²) in [6, 6.07) is 11.1. The minimum absolute atomic E-state index is 0.407. The highest BCUT2D eigenvalue weighted by Gasteiger charge is 2.21. The molecule has 0 aliphatic heterocycles. The van der Waals surface area contributed by atoms with Gasteiger partial charge in [0.2, 0.25) is 0 Å². The highest BCUT2D eigenvalue weighted by Crippen LogP contribution is 2.21. The molecule has 1 aromatic carbocycles. The van der Waals surface area contributed by atoms with Crippen LogP contribution in [0.4, 0.5) is 0 Å². The zero-order valence-electron chi connectivity index (χ0n) is 12.8. The van der Waals surface area contributed by atoms with E-state index < -0.39 is 0 Å². The summed E-state index contributed by atoms with van der Waals surface area (Å²) in [5.74, 6) is 0.468. The average molecular weight is 263 g/mol. The Morgan fingerprint density at radius 2 is 1.68 bits per heavy atom. The van der Waals surface area contributed by atoms with Crippen LogP contribution in [0.1, 0.15) is 24.8 Å². The van der Waals surface area contributed by atoms with Crippen LogP contribution in [0.25, 0.3) is 0 Å². The monoisotopic (exact) mass is 263 g/mol. The number of hydrogen-bond donors (Lipinski definition) is 1. The van der Waals surface area contributed by atoms with Crippen LogP contribution in [0.15, 0.2) is 30.3 Å². The number of nitrogens with zero attached hydrogens (tertiary/aromatic N) is 2. The molecule has 0 heterocycles. The zero-order chi connectivity index (χ0) is 14.3. The summed E-state index contributed by atoms with van der Waals surface area (Å²) in [6.07, 6.45) is 1.18. The highest BCUT2D eigenvalue weighted by atomic mass is 15.1. The predicted molar refractivity (Wildman–Crippen MR) is 83.5 cm³/mol. The Labute approximate surface area is 118 Å². The van der Waals surface area contributed by atoms with Crippen LogP contribution in [0, 0.1) is 0 Å². The lowest BCUT2D eigenvalue weighted by Gasteiger charge is -2.32. The Morgan fingerprint density at radius 1 is 1.05 bits per heavy atom. The third-order valence-corrected chi connectivity index (χ3v) is 3.83. The minimum atomic E-state index is 0.407. The maximum absolute atomic E-state index is 5.99. The van der Waals surface area contributed by atoms with E-state index >= 15 is 0 Å². The Kier molecular flexibility index (Phi) is 7.06. The smallest absolute Gasteiger partial charge is 0.0281 e. The molecule has 3 heteroatoms. The van der Waals surface area contributed by atoms with Gasteiger partial charge in [-0.15, -0.1) is 0 Å². The maximum Gasteiger partial charge on any atom is 0.0281 e. The molecule has 0 aliphatic rings. The second kappa shape index (κ2) is 8.31. The Bertz CT molecular complexity index is 337. The van der Waals surface area contributed by atoms with Crippen molar-refractivity contribution >= 4 is 0 Å². The fourth-order valence-corrected chi connectivity index (χ4v) is 2.55. The number of rotatable bonds is 8. The molecular formula is C16H29N3. The summed E-state index contributed by atoms with van der Waals surface area (Å²) in [6.45, 7) is 5.20. The number of likely N-dealkylation sites (N-methyl/N-ethyl adjacent to an activating group) is 1. The molecule has 0 bridgehead atoms. The van der Waals surface area contributed by atoms with Gasteiger partial charge in [-0.2, -0.15) is 0 Å². The normalized spacial score (nSPS) is 14.9. The Balaban J connectivity index is 2.56. The fourth-order valence-electron chi connectivity index (χ4n) is 2.55. The molecule has 19 heavy (non-hydrogen) atoms. The summed E-state index contributed by atoms with van der Waals surface area (Å²) in [5, 5.41) is 0. The summed E-state index contributed by atoms with van der Waals surface area (Å²) in [4.78, 5) is 4.63. The molecular weight excluding hydrogens is 234 g/mol. The van der Waals surface area contributed by atoms with E-state index in [4.69, 9.17) is 5.73 Å². The van der Waals surface area contributed by atoms with E-state index in [0.29, 0.717) is 18.5 Å². The first-order chi connectivity index (χ1) is 9.06. The van der Waals surface area contributed by atoms with Gasteiger partial charge in [0.05, 0.1) is 0 Å². The van der Waals surface area contributed by atoms with Crippen LogP contribution in [0.2, 0.25) is 0 Å². The van der Waals surface area contributed by atoms with Gasteiger partial charge in [0.15, 0.2) is 0 Å². The topological polar surface area (TPSA) is 32.5 Å². The van der Waals surface area contributed by atoms with Crippen molar-refractivity contribution in [3.8, 4) is 0 Å². The second-order valence-electron chi connectivity index (χ2n) is 5.64. The molecule has 0 spiro atoms. The molecule has 3 nitrogen and oxygen atoms in total. The van der Waals surface area contributed by atoms with Crippen LogP contribution >= 0.6 is 0 Å². The van der Waals surface area contributed by atoms with E-state index in [-0.39, 0.29) is 0 Å². The van der Waals surface area contributed by atoms with Gasteiger partial charge in [0.1, 0.15) is 0 Å². The van der Waals surface area contributed by atoms with Crippen molar-refractivity contribution in [3.63, 3.8) is 0 Å². The minimum Gasteiger partial charge on any atom is -0.329 e. The van der Waals surface area contributed by atoms with Gasteiger partial charge in [-0.25, -0.2) is 0 Å². The first-order valence-corrected chi connectivity index (χ1v) is 7.16. The molecule has 2 atom stereocenters. The van der Waals surface area contributed by atoms with Gasteiger partial charge in [-0.05, 0) is 52.1 Å². The molecule has 0 radical (unpaired) electrons. The third kappa shape index (κ3) is 5.31. The fraction of sp³-hybridized carbons (Fsp3) is 0.625. The highest BCUT2D eigenvalue weighted by molar-refractivity contribution is 5.20. The number of benzene rings is 1. The van der Waals surface area contributed by atoms with Crippen LogP contribution in [-0.4, -0.2) is 56.6 Å². The first kappa shape index (κ1) is 16.2. The van der Waals surface area contributed by atoms with Gasteiger partial charge in [-0.1, -0.05) is 37.3 Å². The second-order valence-corrected chi connectivity index (χ2v) is 5.64. The molecule has 0 saturated heterocycles. The van der Waals surface area contributed by atoms with Gasteiger partial charge in [0.25, 0.3) is 0 Å². The molecule has 0 aromatic heterocycles. The summed E-state index contributed by atoms with van der Waals surface area (Å²) < 4.78 is 0. The molecule has 108 valence electrons. The number of nitrogens with two attached hydrogens (primary N) is 1. The van der Waals surface area contributed by atoms with Crippen LogP contribution in [0.3, 0.4) is 0 Å². The molecule has 0 aliphatic carbocycles. The van der Waals surface area contributed by atoms with Crippen LogP contribution in [-0.2, 0) is 0 Å². The molecule has 2 N–H and O–H groups in total. The van der Waals surface area contributed by atoms with E-state index in [0.717, 1.165) is 13.1 Å². The standard InChI is InChI=1S/C16H29N3/c1-14(15-9-6-5-7-10-15)16(13-17)19(4)12-8-11-18(2)3/h5-7,9-10,14,16H,8,11-13,17H2,1-4H3. The lowest BCUT2D eigenvalue weighted by Crippen LogP contribution is -2.42. The van der Waals surface area contributed by atoms with Crippen molar-refractivity contribution < 1.29 is 0 Å². The van der Waals surface area contributed by atoms with E-state index in [9.17, 15) is 0 Å². The van der Waals surface area contributed by atoms with Gasteiger partial charge in [0, 0.05) is 12.6 Å². The van der Waals surface area contributed by atoms with Crippen molar-refractivity contribution in [1.82, 2.24) is 9.80 Å². The van der Waals surface area contributed by atoms with Crippen LogP contribution in [0.5, 0.6) is 0 Å². The summed E-state index contributed by atoms with van der Waals surface area (Å²) in [5.41, 5.74) is 7.36. The third-order valence-electron chi connectivity index (χ3n) is 3.83. The quantitative estimate of drug-likeness (QED) is 0.778. The van der Waals surface area contributed by atoms with Crippen LogP contribution < -0.4 is 5.73 Å². The SMILES string of the molecule is CC(c1ccccc1)C(CN)N(C)CCCN(C)C. The molecule has 0 fully saturated rings. The van der Waals surface area contributed by atoms with Crippen molar-refractivity contribution in [2.45, 2.75) is 25.3 Å².